The highest BCUT2D eigenvalue weighted by atomic mass is 16.6. The molecular formula is C21H28O5. The van der Waals surface area contributed by atoms with Crippen molar-refractivity contribution in [2.75, 3.05) is 7.11 Å². The molecule has 0 spiro atoms. The standard InChI is InChI=1S/C21H28O5/c1-14(2)15-7-9-16-6-5-13-21(3,26-20(16)24)18(22)12-11-17(10-8-15)19(23)25-4/h6,8,10,14H,5,7,9,11-13H2,1-4H3/b15-8?,17-10+. The predicted octanol–water partition coefficient (Wildman–Crippen LogP) is 3.83. The molecule has 0 radical (unpaired) electrons. The van der Waals surface area contributed by atoms with E-state index in [2.05, 4.69) is 13.8 Å². The molecule has 0 saturated heterocycles. The lowest BCUT2D eigenvalue weighted by atomic mass is 9.90. The molecule has 2 aliphatic heterocycles. The molecule has 1 atom stereocenters. The van der Waals surface area contributed by atoms with Crippen LogP contribution in [0.3, 0.4) is 0 Å². The minimum absolute atomic E-state index is 0.130. The first kappa shape index (κ1) is 20.1. The van der Waals surface area contributed by atoms with E-state index in [1.165, 1.54) is 7.11 Å². The third-order valence-corrected chi connectivity index (χ3v) is 5.17. The maximum Gasteiger partial charge on any atom is 0.334 e. The Morgan fingerprint density at radius 3 is 2.54 bits per heavy atom. The van der Waals surface area contributed by atoms with Crippen molar-refractivity contribution in [3.05, 3.63) is 34.9 Å². The smallest absolute Gasteiger partial charge is 0.334 e. The molecule has 2 heterocycles. The second-order valence-corrected chi connectivity index (χ2v) is 7.39. The van der Waals surface area contributed by atoms with E-state index in [1.807, 2.05) is 12.2 Å². The molecular weight excluding hydrogens is 332 g/mol. The van der Waals surface area contributed by atoms with Crippen LogP contribution in [0.25, 0.3) is 0 Å². The molecule has 142 valence electrons. The van der Waals surface area contributed by atoms with Crippen molar-refractivity contribution in [2.24, 2.45) is 5.92 Å². The summed E-state index contributed by atoms with van der Waals surface area (Å²) >= 11 is 0. The van der Waals surface area contributed by atoms with Crippen molar-refractivity contribution < 1.29 is 23.9 Å². The Labute approximate surface area is 155 Å². The van der Waals surface area contributed by atoms with Gasteiger partial charge in [0.05, 0.1) is 7.11 Å². The average molecular weight is 360 g/mol. The number of rotatable bonds is 2. The first-order valence-electron chi connectivity index (χ1n) is 9.20. The fourth-order valence-electron chi connectivity index (χ4n) is 3.28. The van der Waals surface area contributed by atoms with Crippen molar-refractivity contribution in [3.63, 3.8) is 0 Å². The Morgan fingerprint density at radius 1 is 1.15 bits per heavy atom. The van der Waals surface area contributed by atoms with Crippen LogP contribution in [0.4, 0.5) is 0 Å². The van der Waals surface area contributed by atoms with Gasteiger partial charge in [-0.1, -0.05) is 37.6 Å². The number of ketones is 1. The van der Waals surface area contributed by atoms with Gasteiger partial charge < -0.3 is 9.47 Å². The molecule has 5 nitrogen and oxygen atoms in total. The van der Waals surface area contributed by atoms with Crippen LogP contribution in [0, 0.1) is 5.92 Å². The average Bonchev–Trinajstić information content (AvgIpc) is 2.74. The van der Waals surface area contributed by atoms with Crippen LogP contribution in [-0.2, 0) is 23.9 Å². The van der Waals surface area contributed by atoms with Gasteiger partial charge in [-0.15, -0.1) is 0 Å². The molecule has 0 aromatic heterocycles. The molecule has 0 fully saturated rings. The van der Waals surface area contributed by atoms with E-state index < -0.39 is 17.5 Å². The highest BCUT2D eigenvalue weighted by Crippen LogP contribution is 2.30. The minimum atomic E-state index is -1.14. The third kappa shape index (κ3) is 4.71. The van der Waals surface area contributed by atoms with Crippen LogP contribution in [-0.4, -0.2) is 30.4 Å². The number of fused-ring (bicyclic) bond motifs is 3. The van der Waals surface area contributed by atoms with Crippen LogP contribution in [0.2, 0.25) is 0 Å². The van der Waals surface area contributed by atoms with E-state index in [0.717, 1.165) is 5.57 Å². The van der Waals surface area contributed by atoms with Crippen LogP contribution in [0.5, 0.6) is 0 Å². The van der Waals surface area contributed by atoms with Gasteiger partial charge in [0.2, 0.25) is 0 Å². The van der Waals surface area contributed by atoms with Crippen molar-refractivity contribution in [1.82, 2.24) is 0 Å². The molecule has 2 rings (SSSR count). The summed E-state index contributed by atoms with van der Waals surface area (Å²) in [5.41, 5.74) is 1.08. The number of carbonyl (C=O) groups excluding carboxylic acids is 3. The van der Waals surface area contributed by atoms with Crippen LogP contribution >= 0.6 is 0 Å². The van der Waals surface area contributed by atoms with Gasteiger partial charge in [-0.3, -0.25) is 4.79 Å². The zero-order valence-corrected chi connectivity index (χ0v) is 16.1. The Morgan fingerprint density at radius 2 is 1.88 bits per heavy atom. The van der Waals surface area contributed by atoms with Gasteiger partial charge in [-0.05, 0) is 44.9 Å². The third-order valence-electron chi connectivity index (χ3n) is 5.17. The fraction of sp³-hybridized carbons (Fsp3) is 0.571. The molecule has 0 amide bonds. The Bertz CT molecular complexity index is 681. The van der Waals surface area contributed by atoms with E-state index in [4.69, 9.17) is 9.47 Å². The Hall–Kier alpha value is -2.17. The molecule has 2 bridgehead atoms. The van der Waals surface area contributed by atoms with Crippen molar-refractivity contribution >= 4 is 17.7 Å². The van der Waals surface area contributed by atoms with Gasteiger partial charge in [0.25, 0.3) is 0 Å². The zero-order valence-electron chi connectivity index (χ0n) is 16.1. The summed E-state index contributed by atoms with van der Waals surface area (Å²) in [4.78, 5) is 37.3. The highest BCUT2D eigenvalue weighted by Gasteiger charge is 2.38. The van der Waals surface area contributed by atoms with Gasteiger partial charge in [0.15, 0.2) is 11.4 Å². The lowest BCUT2D eigenvalue weighted by Gasteiger charge is -2.26. The number of hydrogen-bond acceptors (Lipinski definition) is 5. The fourth-order valence-corrected chi connectivity index (χ4v) is 3.28. The monoisotopic (exact) mass is 360 g/mol. The lowest BCUT2D eigenvalue weighted by molar-refractivity contribution is -0.162. The van der Waals surface area contributed by atoms with Crippen LogP contribution < -0.4 is 0 Å². The van der Waals surface area contributed by atoms with Gasteiger partial charge in [0.1, 0.15) is 0 Å². The Kier molecular flexibility index (Phi) is 6.57. The van der Waals surface area contributed by atoms with Crippen molar-refractivity contribution in [2.45, 2.75) is 64.9 Å². The number of carbonyl (C=O) groups is 3. The molecule has 26 heavy (non-hydrogen) atoms. The SMILES string of the molecule is COC(=O)/C1=C/C=C(C(C)C)CCC2=CCCC(C)(OC2=O)C(=O)CC1. The normalized spacial score (nSPS) is 27.0. The van der Waals surface area contributed by atoms with E-state index in [0.29, 0.717) is 36.8 Å². The molecule has 0 saturated carbocycles. The molecule has 0 aromatic rings. The second-order valence-electron chi connectivity index (χ2n) is 7.39. The van der Waals surface area contributed by atoms with Crippen molar-refractivity contribution in [1.29, 1.82) is 0 Å². The summed E-state index contributed by atoms with van der Waals surface area (Å²) in [5, 5.41) is 0. The number of allylic oxidation sites excluding steroid dienone is 4. The molecule has 2 aliphatic rings. The summed E-state index contributed by atoms with van der Waals surface area (Å²) < 4.78 is 10.4. The van der Waals surface area contributed by atoms with E-state index >= 15 is 0 Å². The van der Waals surface area contributed by atoms with Gasteiger partial charge in [-0.2, -0.15) is 0 Å². The number of hydrogen-bond donors (Lipinski definition) is 0. The maximum absolute atomic E-state index is 12.7. The van der Waals surface area contributed by atoms with Gasteiger partial charge in [-0.25, -0.2) is 9.59 Å². The number of methoxy groups -OCH3 is 1. The van der Waals surface area contributed by atoms with E-state index in [-0.39, 0.29) is 24.5 Å². The number of Topliss-reactive ketones (excluding diaryl/α,β-unsaturated/α-hetero) is 1. The summed E-state index contributed by atoms with van der Waals surface area (Å²) in [6.07, 6.45) is 8.33. The minimum Gasteiger partial charge on any atom is -0.466 e. The van der Waals surface area contributed by atoms with Gasteiger partial charge in [0, 0.05) is 17.6 Å². The summed E-state index contributed by atoms with van der Waals surface area (Å²) in [7, 11) is 1.33. The van der Waals surface area contributed by atoms with E-state index in [1.54, 1.807) is 13.0 Å². The summed E-state index contributed by atoms with van der Waals surface area (Å²) in [5.74, 6) is -0.715. The lowest BCUT2D eigenvalue weighted by Crippen LogP contribution is -2.40. The van der Waals surface area contributed by atoms with Gasteiger partial charge >= 0.3 is 11.9 Å². The largest absolute Gasteiger partial charge is 0.466 e. The molecule has 0 aromatic carbocycles. The first-order chi connectivity index (χ1) is 12.3. The van der Waals surface area contributed by atoms with Crippen molar-refractivity contribution in [3.8, 4) is 0 Å². The molecule has 0 aliphatic carbocycles. The zero-order chi connectivity index (χ0) is 19.3. The van der Waals surface area contributed by atoms with Crippen LogP contribution in [0.1, 0.15) is 59.3 Å². The maximum atomic E-state index is 12.7. The first-order valence-corrected chi connectivity index (χ1v) is 9.20. The summed E-state index contributed by atoms with van der Waals surface area (Å²) in [6, 6.07) is 0. The highest BCUT2D eigenvalue weighted by molar-refractivity contribution is 5.96. The van der Waals surface area contributed by atoms with E-state index in [9.17, 15) is 14.4 Å². The second kappa shape index (κ2) is 8.47. The summed E-state index contributed by atoms with van der Waals surface area (Å²) in [6.45, 7) is 5.83. The number of esters is 2. The van der Waals surface area contributed by atoms with Crippen LogP contribution in [0.15, 0.2) is 34.9 Å². The quantitative estimate of drug-likeness (QED) is 0.700. The topological polar surface area (TPSA) is 69.7 Å². The molecule has 0 N–H and O–H groups in total. The molecule has 1 unspecified atom stereocenters. The Balaban J connectivity index is 2.42. The molecule has 5 heteroatoms. The number of ether oxygens (including phenoxy) is 2. The predicted molar refractivity (Wildman–Crippen MR) is 98.3 cm³/mol.